The number of aliphatic hydroxyl groups excluding tert-OH is 1. The molecule has 0 heterocycles. The molecule has 0 bridgehead atoms. The molecule has 12 heavy (non-hydrogen) atoms. The molecule has 0 aliphatic rings. The van der Waals surface area contributed by atoms with E-state index in [0.29, 0.717) is 6.42 Å². The van der Waals surface area contributed by atoms with Gasteiger partial charge in [0.1, 0.15) is 0 Å². The van der Waals surface area contributed by atoms with Gasteiger partial charge in [0.2, 0.25) is 0 Å². The normalized spacial score (nSPS) is 18.3. The van der Waals surface area contributed by atoms with Gasteiger partial charge < -0.3 is 10.5 Å². The summed E-state index contributed by atoms with van der Waals surface area (Å²) in [5, 5.41) is 16.5. The molecule has 0 saturated carbocycles. The molecule has 2 atom stereocenters. The van der Waals surface area contributed by atoms with E-state index in [1.807, 2.05) is 6.92 Å². The highest BCUT2D eigenvalue weighted by Gasteiger charge is 2.22. The summed E-state index contributed by atoms with van der Waals surface area (Å²) in [6, 6.07) is 0. The standard InChI is InChI=1S/C10H21NO/c1-4-5-6-10(3,8-11)7-9(2)12/h8-9,11-12H,4-7H2,1-3H3. The van der Waals surface area contributed by atoms with Gasteiger partial charge in [0, 0.05) is 11.6 Å². The lowest BCUT2D eigenvalue weighted by Crippen LogP contribution is -2.23. The third kappa shape index (κ3) is 4.50. The highest BCUT2D eigenvalue weighted by molar-refractivity contribution is 5.61. The fraction of sp³-hybridized carbons (Fsp3) is 0.900. The van der Waals surface area contributed by atoms with E-state index in [1.165, 1.54) is 6.21 Å². The zero-order valence-electron chi connectivity index (χ0n) is 8.43. The van der Waals surface area contributed by atoms with E-state index in [4.69, 9.17) is 5.41 Å². The molecule has 0 aromatic carbocycles. The van der Waals surface area contributed by atoms with Crippen LogP contribution >= 0.6 is 0 Å². The molecule has 0 spiro atoms. The molecule has 0 amide bonds. The average molecular weight is 171 g/mol. The molecule has 0 fully saturated rings. The third-order valence-corrected chi connectivity index (χ3v) is 2.21. The smallest absolute Gasteiger partial charge is 0.0520 e. The number of aliphatic hydroxyl groups is 1. The average Bonchev–Trinajstić information content (AvgIpc) is 2.00. The molecule has 2 heteroatoms. The Labute approximate surface area is 75.5 Å². The van der Waals surface area contributed by atoms with Gasteiger partial charge in [-0.2, -0.15) is 0 Å². The number of rotatable bonds is 6. The lowest BCUT2D eigenvalue weighted by molar-refractivity contribution is 0.145. The maximum Gasteiger partial charge on any atom is 0.0520 e. The van der Waals surface area contributed by atoms with Crippen molar-refractivity contribution in [2.75, 3.05) is 0 Å². The highest BCUT2D eigenvalue weighted by Crippen LogP contribution is 2.27. The molecule has 0 rings (SSSR count). The van der Waals surface area contributed by atoms with Crippen LogP contribution in [-0.4, -0.2) is 17.4 Å². The molecule has 0 aromatic rings. The van der Waals surface area contributed by atoms with Gasteiger partial charge in [-0.1, -0.05) is 26.7 Å². The second-order valence-electron chi connectivity index (χ2n) is 3.96. The lowest BCUT2D eigenvalue weighted by atomic mass is 9.81. The summed E-state index contributed by atoms with van der Waals surface area (Å²) in [5.41, 5.74) is -0.0931. The van der Waals surface area contributed by atoms with E-state index in [1.54, 1.807) is 6.92 Å². The van der Waals surface area contributed by atoms with Gasteiger partial charge in [-0.15, -0.1) is 0 Å². The van der Waals surface area contributed by atoms with Gasteiger partial charge in [-0.3, -0.25) is 0 Å². The molecule has 0 aromatic heterocycles. The van der Waals surface area contributed by atoms with Crippen molar-refractivity contribution < 1.29 is 5.11 Å². The van der Waals surface area contributed by atoms with Gasteiger partial charge in [0.05, 0.1) is 6.10 Å². The Bertz CT molecular complexity index is 134. The van der Waals surface area contributed by atoms with E-state index < -0.39 is 0 Å². The van der Waals surface area contributed by atoms with E-state index >= 15 is 0 Å². The zero-order chi connectivity index (χ0) is 9.61. The fourth-order valence-corrected chi connectivity index (χ4v) is 1.49. The summed E-state index contributed by atoms with van der Waals surface area (Å²) in [5.74, 6) is 0. The summed E-state index contributed by atoms with van der Waals surface area (Å²) >= 11 is 0. The minimum Gasteiger partial charge on any atom is -0.393 e. The van der Waals surface area contributed by atoms with Crippen molar-refractivity contribution in [3.05, 3.63) is 0 Å². The van der Waals surface area contributed by atoms with Gasteiger partial charge in [0.15, 0.2) is 0 Å². The van der Waals surface area contributed by atoms with E-state index in [9.17, 15) is 5.11 Å². The second-order valence-corrected chi connectivity index (χ2v) is 3.96. The van der Waals surface area contributed by atoms with Crippen molar-refractivity contribution in [2.24, 2.45) is 5.41 Å². The summed E-state index contributed by atoms with van der Waals surface area (Å²) in [7, 11) is 0. The summed E-state index contributed by atoms with van der Waals surface area (Å²) in [4.78, 5) is 0. The second kappa shape index (κ2) is 5.31. The molecule has 0 aliphatic heterocycles. The lowest BCUT2D eigenvalue weighted by Gasteiger charge is -2.25. The van der Waals surface area contributed by atoms with Crippen LogP contribution in [0.2, 0.25) is 0 Å². The van der Waals surface area contributed by atoms with Crippen LogP contribution in [0.5, 0.6) is 0 Å². The van der Waals surface area contributed by atoms with Crippen LogP contribution in [0.3, 0.4) is 0 Å². The van der Waals surface area contributed by atoms with Crippen molar-refractivity contribution in [3.8, 4) is 0 Å². The van der Waals surface area contributed by atoms with Crippen molar-refractivity contribution in [3.63, 3.8) is 0 Å². The fourth-order valence-electron chi connectivity index (χ4n) is 1.49. The van der Waals surface area contributed by atoms with Gasteiger partial charge in [0.25, 0.3) is 0 Å². The minimum absolute atomic E-state index is 0.0931. The zero-order valence-corrected chi connectivity index (χ0v) is 8.43. The molecule has 72 valence electrons. The maximum absolute atomic E-state index is 9.22. The van der Waals surface area contributed by atoms with Crippen molar-refractivity contribution in [1.29, 1.82) is 5.41 Å². The first-order valence-corrected chi connectivity index (χ1v) is 4.74. The number of hydrogen-bond donors (Lipinski definition) is 2. The Kier molecular flexibility index (Phi) is 5.14. The number of nitrogens with one attached hydrogen (secondary N) is 1. The number of unbranched alkanes of at least 4 members (excludes halogenated alkanes) is 1. The molecule has 0 aliphatic carbocycles. The van der Waals surface area contributed by atoms with Gasteiger partial charge >= 0.3 is 0 Å². The highest BCUT2D eigenvalue weighted by atomic mass is 16.3. The van der Waals surface area contributed by atoms with Gasteiger partial charge in [-0.25, -0.2) is 0 Å². The Morgan fingerprint density at radius 3 is 2.50 bits per heavy atom. The van der Waals surface area contributed by atoms with Crippen molar-refractivity contribution >= 4 is 6.21 Å². The predicted molar refractivity (Wildman–Crippen MR) is 52.7 cm³/mol. The summed E-state index contributed by atoms with van der Waals surface area (Å²) in [6.07, 6.45) is 5.19. The maximum atomic E-state index is 9.22. The quantitative estimate of drug-likeness (QED) is 0.593. The van der Waals surface area contributed by atoms with Crippen LogP contribution in [0.4, 0.5) is 0 Å². The van der Waals surface area contributed by atoms with Crippen LogP contribution in [0, 0.1) is 10.8 Å². The minimum atomic E-state index is -0.298. The number of hydrogen-bond acceptors (Lipinski definition) is 2. The summed E-state index contributed by atoms with van der Waals surface area (Å²) in [6.45, 7) is 5.98. The molecule has 0 radical (unpaired) electrons. The Morgan fingerprint density at radius 1 is 1.58 bits per heavy atom. The molecular weight excluding hydrogens is 150 g/mol. The first-order valence-electron chi connectivity index (χ1n) is 4.74. The van der Waals surface area contributed by atoms with Crippen molar-refractivity contribution in [2.45, 2.75) is 52.6 Å². The van der Waals surface area contributed by atoms with Crippen LogP contribution in [0.1, 0.15) is 46.5 Å². The van der Waals surface area contributed by atoms with E-state index in [-0.39, 0.29) is 11.5 Å². The van der Waals surface area contributed by atoms with Crippen LogP contribution < -0.4 is 0 Å². The van der Waals surface area contributed by atoms with Crippen LogP contribution in [0.15, 0.2) is 0 Å². The summed E-state index contributed by atoms with van der Waals surface area (Å²) < 4.78 is 0. The van der Waals surface area contributed by atoms with Crippen molar-refractivity contribution in [1.82, 2.24) is 0 Å². The van der Waals surface area contributed by atoms with E-state index in [0.717, 1.165) is 19.3 Å². The third-order valence-electron chi connectivity index (χ3n) is 2.21. The van der Waals surface area contributed by atoms with Crippen LogP contribution in [0.25, 0.3) is 0 Å². The van der Waals surface area contributed by atoms with E-state index in [2.05, 4.69) is 6.92 Å². The van der Waals surface area contributed by atoms with Gasteiger partial charge in [-0.05, 0) is 19.8 Å². The molecular formula is C10H21NO. The molecule has 0 saturated heterocycles. The Balaban J connectivity index is 3.95. The monoisotopic (exact) mass is 171 g/mol. The molecule has 2 nitrogen and oxygen atoms in total. The Morgan fingerprint density at radius 2 is 2.17 bits per heavy atom. The molecule has 2 N–H and O–H groups in total. The van der Waals surface area contributed by atoms with Crippen LogP contribution in [-0.2, 0) is 0 Å². The SMILES string of the molecule is CCCCC(C)(C=N)CC(C)O. The molecule has 2 unspecified atom stereocenters. The topological polar surface area (TPSA) is 44.1 Å². The first-order chi connectivity index (χ1) is 5.54. The largest absolute Gasteiger partial charge is 0.393 e. The Hall–Kier alpha value is -0.370. The first kappa shape index (κ1) is 11.6. The predicted octanol–water partition coefficient (Wildman–Crippen LogP) is 2.60.